The Morgan fingerprint density at radius 1 is 1.53 bits per heavy atom. The van der Waals surface area contributed by atoms with Crippen LogP contribution < -0.4 is 5.73 Å². The molecule has 0 spiro atoms. The van der Waals surface area contributed by atoms with Crippen LogP contribution in [0.4, 0.5) is 0 Å². The van der Waals surface area contributed by atoms with Gasteiger partial charge in [-0.1, -0.05) is 17.7 Å². The van der Waals surface area contributed by atoms with E-state index in [0.717, 1.165) is 17.0 Å². The summed E-state index contributed by atoms with van der Waals surface area (Å²) < 4.78 is 6.84. The second-order valence-electron chi connectivity index (χ2n) is 4.25. The van der Waals surface area contributed by atoms with Crippen molar-refractivity contribution in [3.05, 3.63) is 46.5 Å². The van der Waals surface area contributed by atoms with E-state index in [0.29, 0.717) is 18.2 Å². The van der Waals surface area contributed by atoms with Crippen LogP contribution in [0.3, 0.4) is 0 Å². The highest BCUT2D eigenvalue weighted by Crippen LogP contribution is 2.27. The Labute approximate surface area is 117 Å². The van der Waals surface area contributed by atoms with E-state index < -0.39 is 0 Å². The standard InChI is InChI=1S/C13H17ClN4O/c1-9-10(4-3-5-16-9)12(15)13-11(14)8-17-18(13)6-7-19-2/h3-5,8,12H,6-7,15H2,1-2H3. The number of nitrogens with two attached hydrogens (primary N) is 1. The van der Waals surface area contributed by atoms with Crippen LogP contribution in [0.25, 0.3) is 0 Å². The molecular formula is C13H17ClN4O. The molecule has 1 unspecified atom stereocenters. The first kappa shape index (κ1) is 14.0. The van der Waals surface area contributed by atoms with E-state index in [4.69, 9.17) is 22.1 Å². The highest BCUT2D eigenvalue weighted by molar-refractivity contribution is 6.31. The number of aromatic nitrogens is 3. The third-order valence-corrected chi connectivity index (χ3v) is 3.31. The first-order valence-corrected chi connectivity index (χ1v) is 6.40. The molecule has 0 aliphatic carbocycles. The topological polar surface area (TPSA) is 66.0 Å². The van der Waals surface area contributed by atoms with Crippen LogP contribution in [0.15, 0.2) is 24.5 Å². The van der Waals surface area contributed by atoms with Gasteiger partial charge in [0.25, 0.3) is 0 Å². The summed E-state index contributed by atoms with van der Waals surface area (Å²) in [5, 5.41) is 4.80. The van der Waals surface area contributed by atoms with E-state index in [2.05, 4.69) is 10.1 Å². The molecule has 2 aromatic rings. The van der Waals surface area contributed by atoms with E-state index in [-0.39, 0.29) is 6.04 Å². The Morgan fingerprint density at radius 2 is 2.32 bits per heavy atom. The van der Waals surface area contributed by atoms with E-state index in [1.165, 1.54) is 0 Å². The van der Waals surface area contributed by atoms with Crippen LogP contribution in [0, 0.1) is 6.92 Å². The SMILES string of the molecule is COCCn1ncc(Cl)c1C(N)c1cccnc1C. The fourth-order valence-corrected chi connectivity index (χ4v) is 2.27. The van der Waals surface area contributed by atoms with Gasteiger partial charge in [0, 0.05) is 19.0 Å². The lowest BCUT2D eigenvalue weighted by Crippen LogP contribution is -2.20. The predicted octanol–water partition coefficient (Wildman–Crippen LogP) is 1.93. The van der Waals surface area contributed by atoms with Gasteiger partial charge in [-0.3, -0.25) is 9.67 Å². The molecule has 0 aliphatic rings. The molecule has 0 saturated carbocycles. The number of aryl methyl sites for hydroxylation is 1. The fraction of sp³-hybridized carbons (Fsp3) is 0.385. The monoisotopic (exact) mass is 280 g/mol. The Balaban J connectivity index is 2.35. The molecule has 2 rings (SSSR count). The molecule has 5 nitrogen and oxygen atoms in total. The summed E-state index contributed by atoms with van der Waals surface area (Å²) in [7, 11) is 1.65. The molecule has 0 bridgehead atoms. The third-order valence-electron chi connectivity index (χ3n) is 3.02. The number of hydrogen-bond acceptors (Lipinski definition) is 4. The number of ether oxygens (including phenoxy) is 1. The van der Waals surface area contributed by atoms with Gasteiger partial charge in [0.15, 0.2) is 0 Å². The van der Waals surface area contributed by atoms with Crippen molar-refractivity contribution in [3.63, 3.8) is 0 Å². The van der Waals surface area contributed by atoms with E-state index in [9.17, 15) is 0 Å². The van der Waals surface area contributed by atoms with Gasteiger partial charge in [-0.15, -0.1) is 0 Å². The number of hydrogen-bond donors (Lipinski definition) is 1. The average molecular weight is 281 g/mol. The summed E-state index contributed by atoms with van der Waals surface area (Å²) in [5.74, 6) is 0. The molecule has 0 amide bonds. The Morgan fingerprint density at radius 3 is 3.00 bits per heavy atom. The summed E-state index contributed by atoms with van der Waals surface area (Å²) in [4.78, 5) is 4.25. The lowest BCUT2D eigenvalue weighted by molar-refractivity contribution is 0.182. The van der Waals surface area contributed by atoms with Gasteiger partial charge in [0.1, 0.15) is 0 Å². The van der Waals surface area contributed by atoms with Crippen molar-refractivity contribution >= 4 is 11.6 Å². The maximum absolute atomic E-state index is 6.31. The Bertz CT molecular complexity index is 555. The van der Waals surface area contributed by atoms with Crippen LogP contribution in [-0.2, 0) is 11.3 Å². The zero-order chi connectivity index (χ0) is 13.8. The van der Waals surface area contributed by atoms with Crippen molar-refractivity contribution in [3.8, 4) is 0 Å². The molecule has 0 saturated heterocycles. The summed E-state index contributed by atoms with van der Waals surface area (Å²) in [6.07, 6.45) is 3.35. The van der Waals surface area contributed by atoms with E-state index >= 15 is 0 Å². The van der Waals surface area contributed by atoms with Crippen molar-refractivity contribution in [1.29, 1.82) is 0 Å². The fourth-order valence-electron chi connectivity index (χ4n) is 2.01. The molecule has 102 valence electrons. The molecular weight excluding hydrogens is 264 g/mol. The quantitative estimate of drug-likeness (QED) is 0.909. The molecule has 0 aromatic carbocycles. The number of rotatable bonds is 5. The number of pyridine rings is 1. The minimum Gasteiger partial charge on any atom is -0.383 e. The van der Waals surface area contributed by atoms with Crippen molar-refractivity contribution in [2.24, 2.45) is 5.73 Å². The second-order valence-corrected chi connectivity index (χ2v) is 4.66. The van der Waals surface area contributed by atoms with Crippen LogP contribution in [0.2, 0.25) is 5.02 Å². The van der Waals surface area contributed by atoms with Crippen molar-refractivity contribution in [2.45, 2.75) is 19.5 Å². The molecule has 1 atom stereocenters. The van der Waals surface area contributed by atoms with Crippen molar-refractivity contribution < 1.29 is 4.74 Å². The van der Waals surface area contributed by atoms with E-state index in [1.807, 2.05) is 19.1 Å². The zero-order valence-electron chi connectivity index (χ0n) is 11.0. The molecule has 2 aromatic heterocycles. The molecule has 0 radical (unpaired) electrons. The maximum atomic E-state index is 6.31. The predicted molar refractivity (Wildman–Crippen MR) is 74.1 cm³/mol. The average Bonchev–Trinajstić information content (AvgIpc) is 2.77. The van der Waals surface area contributed by atoms with Crippen LogP contribution >= 0.6 is 11.6 Å². The zero-order valence-corrected chi connectivity index (χ0v) is 11.8. The number of methoxy groups -OCH3 is 1. The van der Waals surface area contributed by atoms with Gasteiger partial charge in [-0.05, 0) is 18.6 Å². The van der Waals surface area contributed by atoms with Gasteiger partial charge < -0.3 is 10.5 Å². The van der Waals surface area contributed by atoms with Gasteiger partial charge in [0.2, 0.25) is 0 Å². The molecule has 19 heavy (non-hydrogen) atoms. The van der Waals surface area contributed by atoms with E-state index in [1.54, 1.807) is 24.2 Å². The van der Waals surface area contributed by atoms with Gasteiger partial charge >= 0.3 is 0 Å². The van der Waals surface area contributed by atoms with Gasteiger partial charge in [0.05, 0.1) is 36.1 Å². The molecule has 0 aliphatic heterocycles. The van der Waals surface area contributed by atoms with Gasteiger partial charge in [-0.2, -0.15) is 5.10 Å². The summed E-state index contributed by atoms with van der Waals surface area (Å²) in [6, 6.07) is 3.48. The highest BCUT2D eigenvalue weighted by atomic mass is 35.5. The summed E-state index contributed by atoms with van der Waals surface area (Å²) in [6.45, 7) is 3.11. The highest BCUT2D eigenvalue weighted by Gasteiger charge is 2.20. The Hall–Kier alpha value is -1.43. The van der Waals surface area contributed by atoms with Crippen LogP contribution in [0.1, 0.15) is 23.0 Å². The molecule has 6 heteroatoms. The van der Waals surface area contributed by atoms with Crippen LogP contribution in [-0.4, -0.2) is 28.5 Å². The summed E-state index contributed by atoms with van der Waals surface area (Å²) in [5.41, 5.74) is 8.94. The molecule has 0 fully saturated rings. The summed E-state index contributed by atoms with van der Waals surface area (Å²) >= 11 is 6.20. The maximum Gasteiger partial charge on any atom is 0.0837 e. The lowest BCUT2D eigenvalue weighted by Gasteiger charge is -2.16. The molecule has 2 heterocycles. The van der Waals surface area contributed by atoms with Crippen molar-refractivity contribution in [2.75, 3.05) is 13.7 Å². The first-order valence-electron chi connectivity index (χ1n) is 6.02. The first-order chi connectivity index (χ1) is 9.15. The molecule has 2 N–H and O–H groups in total. The Kier molecular flexibility index (Phi) is 4.52. The minimum atomic E-state index is -0.347. The van der Waals surface area contributed by atoms with Crippen LogP contribution in [0.5, 0.6) is 0 Å². The lowest BCUT2D eigenvalue weighted by atomic mass is 10.0. The second kappa shape index (κ2) is 6.14. The van der Waals surface area contributed by atoms with Gasteiger partial charge in [-0.25, -0.2) is 0 Å². The third kappa shape index (κ3) is 2.94. The smallest absolute Gasteiger partial charge is 0.0837 e. The number of halogens is 1. The number of nitrogens with zero attached hydrogens (tertiary/aromatic N) is 3. The van der Waals surface area contributed by atoms with Crippen molar-refractivity contribution in [1.82, 2.24) is 14.8 Å². The minimum absolute atomic E-state index is 0.347. The largest absolute Gasteiger partial charge is 0.383 e. The normalized spacial score (nSPS) is 12.6.